The van der Waals surface area contributed by atoms with Crippen molar-refractivity contribution in [3.8, 4) is 0 Å². The maximum atomic E-state index is 12.6. The van der Waals surface area contributed by atoms with E-state index < -0.39 is 0 Å². The van der Waals surface area contributed by atoms with Crippen molar-refractivity contribution in [3.63, 3.8) is 0 Å². The van der Waals surface area contributed by atoms with E-state index in [1.165, 1.54) is 5.56 Å². The molecule has 1 aliphatic heterocycles. The van der Waals surface area contributed by atoms with Gasteiger partial charge >= 0.3 is 0 Å². The summed E-state index contributed by atoms with van der Waals surface area (Å²) in [7, 11) is 0. The quantitative estimate of drug-likeness (QED) is 0.886. The second-order valence-corrected chi connectivity index (χ2v) is 6.94. The van der Waals surface area contributed by atoms with Crippen LogP contribution in [0.15, 0.2) is 54.6 Å². The van der Waals surface area contributed by atoms with Gasteiger partial charge in [0.05, 0.1) is 0 Å². The Kier molecular flexibility index (Phi) is 6.24. The van der Waals surface area contributed by atoms with Gasteiger partial charge in [0.2, 0.25) is 5.91 Å². The fourth-order valence-corrected chi connectivity index (χ4v) is 3.36. The number of carbonyl (C=O) groups excluding carboxylic acids is 2. The highest BCUT2D eigenvalue weighted by molar-refractivity contribution is 5.94. The van der Waals surface area contributed by atoms with E-state index in [1.54, 1.807) is 0 Å². The number of nitrogens with zero attached hydrogens (tertiary/aromatic N) is 2. The molecule has 1 aliphatic rings. The largest absolute Gasteiger partial charge is 0.339 e. The molecule has 142 valence electrons. The molecule has 1 saturated heterocycles. The van der Waals surface area contributed by atoms with Crippen LogP contribution in [0.4, 0.5) is 0 Å². The van der Waals surface area contributed by atoms with Crippen LogP contribution >= 0.6 is 0 Å². The van der Waals surface area contributed by atoms with Gasteiger partial charge in [0.15, 0.2) is 0 Å². The van der Waals surface area contributed by atoms with E-state index in [0.29, 0.717) is 31.7 Å². The highest BCUT2D eigenvalue weighted by Gasteiger charge is 2.25. The molecule has 2 aromatic rings. The number of hydrogen-bond donors (Lipinski definition) is 1. The summed E-state index contributed by atoms with van der Waals surface area (Å²) in [6.45, 7) is 4.32. The zero-order valence-corrected chi connectivity index (χ0v) is 15.8. The summed E-state index contributed by atoms with van der Waals surface area (Å²) in [5, 5.41) is 0. The molecule has 2 amide bonds. The molecule has 0 saturated carbocycles. The van der Waals surface area contributed by atoms with Crippen molar-refractivity contribution in [2.24, 2.45) is 5.73 Å². The molecule has 1 fully saturated rings. The minimum Gasteiger partial charge on any atom is -0.339 e. The van der Waals surface area contributed by atoms with Gasteiger partial charge in [-0.3, -0.25) is 9.59 Å². The lowest BCUT2D eigenvalue weighted by molar-refractivity contribution is -0.133. The van der Waals surface area contributed by atoms with Crippen LogP contribution in [0.3, 0.4) is 0 Å². The van der Waals surface area contributed by atoms with E-state index in [4.69, 9.17) is 5.73 Å². The Bertz CT molecular complexity index is 766. The Labute approximate surface area is 160 Å². The number of rotatable bonds is 5. The number of hydrogen-bond acceptors (Lipinski definition) is 3. The van der Waals surface area contributed by atoms with Crippen LogP contribution in [-0.4, -0.2) is 47.8 Å². The molecule has 1 unspecified atom stereocenters. The molecule has 1 heterocycles. The van der Waals surface area contributed by atoms with Gasteiger partial charge < -0.3 is 15.5 Å². The molecule has 0 aromatic heterocycles. The first-order valence-electron chi connectivity index (χ1n) is 9.55. The maximum absolute atomic E-state index is 12.6. The third-order valence-corrected chi connectivity index (χ3v) is 5.15. The van der Waals surface area contributed by atoms with E-state index in [0.717, 1.165) is 12.0 Å². The van der Waals surface area contributed by atoms with Crippen LogP contribution in [0.1, 0.15) is 40.9 Å². The minimum absolute atomic E-state index is 0.0331. The SMILES string of the molecule is CCc1ccc(C(=O)N2CCN(C(=O)CC(N)c3ccccc3)CC2)cc1. The molecule has 0 spiro atoms. The predicted octanol–water partition coefficient (Wildman–Crippen LogP) is 2.62. The third-order valence-electron chi connectivity index (χ3n) is 5.15. The van der Waals surface area contributed by atoms with E-state index in [2.05, 4.69) is 6.92 Å². The summed E-state index contributed by atoms with van der Waals surface area (Å²) in [6.07, 6.45) is 1.25. The highest BCUT2D eigenvalue weighted by atomic mass is 16.2. The Morgan fingerprint density at radius 2 is 1.52 bits per heavy atom. The van der Waals surface area contributed by atoms with Crippen molar-refractivity contribution in [1.82, 2.24) is 9.80 Å². The molecule has 2 aromatic carbocycles. The fraction of sp³-hybridized carbons (Fsp3) is 0.364. The van der Waals surface area contributed by atoms with Gasteiger partial charge in [-0.1, -0.05) is 49.4 Å². The molecule has 27 heavy (non-hydrogen) atoms. The zero-order valence-electron chi connectivity index (χ0n) is 15.8. The second-order valence-electron chi connectivity index (χ2n) is 6.94. The first-order valence-corrected chi connectivity index (χ1v) is 9.55. The molecule has 2 N–H and O–H groups in total. The van der Waals surface area contributed by atoms with Crippen molar-refractivity contribution in [1.29, 1.82) is 0 Å². The van der Waals surface area contributed by atoms with Gasteiger partial charge in [-0.2, -0.15) is 0 Å². The fourth-order valence-electron chi connectivity index (χ4n) is 3.36. The van der Waals surface area contributed by atoms with Crippen molar-refractivity contribution in [2.45, 2.75) is 25.8 Å². The maximum Gasteiger partial charge on any atom is 0.253 e. The average molecular weight is 365 g/mol. The summed E-state index contributed by atoms with van der Waals surface area (Å²) < 4.78 is 0. The lowest BCUT2D eigenvalue weighted by atomic mass is 10.0. The van der Waals surface area contributed by atoms with Crippen LogP contribution in [0.5, 0.6) is 0 Å². The van der Waals surface area contributed by atoms with Gasteiger partial charge in [-0.15, -0.1) is 0 Å². The number of amides is 2. The Hall–Kier alpha value is -2.66. The molecular weight excluding hydrogens is 338 g/mol. The molecule has 3 rings (SSSR count). The zero-order chi connectivity index (χ0) is 19.2. The summed E-state index contributed by atoms with van der Waals surface area (Å²) in [5.41, 5.74) is 9.06. The van der Waals surface area contributed by atoms with Gasteiger partial charge in [0.1, 0.15) is 0 Å². The van der Waals surface area contributed by atoms with Crippen LogP contribution in [-0.2, 0) is 11.2 Å². The normalized spacial score (nSPS) is 15.5. The molecule has 0 radical (unpaired) electrons. The molecule has 1 atom stereocenters. The number of nitrogens with two attached hydrogens (primary N) is 1. The number of aryl methyl sites for hydroxylation is 1. The monoisotopic (exact) mass is 365 g/mol. The Morgan fingerprint density at radius 1 is 0.926 bits per heavy atom. The first-order chi connectivity index (χ1) is 13.1. The second kappa shape index (κ2) is 8.82. The van der Waals surface area contributed by atoms with Crippen LogP contribution in [0, 0.1) is 0 Å². The molecular formula is C22H27N3O2. The highest BCUT2D eigenvalue weighted by Crippen LogP contribution is 2.16. The Balaban J connectivity index is 1.51. The lowest BCUT2D eigenvalue weighted by Crippen LogP contribution is -2.51. The van der Waals surface area contributed by atoms with E-state index in [-0.39, 0.29) is 24.3 Å². The minimum atomic E-state index is -0.296. The molecule has 5 nitrogen and oxygen atoms in total. The third kappa shape index (κ3) is 4.74. The molecule has 0 aliphatic carbocycles. The number of carbonyl (C=O) groups is 2. The smallest absolute Gasteiger partial charge is 0.253 e. The van der Waals surface area contributed by atoms with Crippen LogP contribution in [0.2, 0.25) is 0 Å². The van der Waals surface area contributed by atoms with Crippen LogP contribution < -0.4 is 5.73 Å². The molecule has 5 heteroatoms. The topological polar surface area (TPSA) is 66.6 Å². The number of piperazine rings is 1. The van der Waals surface area contributed by atoms with E-state index in [1.807, 2.05) is 64.4 Å². The van der Waals surface area contributed by atoms with Crippen LogP contribution in [0.25, 0.3) is 0 Å². The van der Waals surface area contributed by atoms with E-state index in [9.17, 15) is 9.59 Å². The summed E-state index contributed by atoms with van der Waals surface area (Å²) in [4.78, 5) is 28.8. The van der Waals surface area contributed by atoms with Crippen molar-refractivity contribution < 1.29 is 9.59 Å². The van der Waals surface area contributed by atoms with Crippen molar-refractivity contribution >= 4 is 11.8 Å². The summed E-state index contributed by atoms with van der Waals surface area (Å²) in [6, 6.07) is 17.1. The summed E-state index contributed by atoms with van der Waals surface area (Å²) in [5.74, 6) is 0.0801. The average Bonchev–Trinajstić information content (AvgIpc) is 2.74. The van der Waals surface area contributed by atoms with Crippen molar-refractivity contribution in [2.75, 3.05) is 26.2 Å². The summed E-state index contributed by atoms with van der Waals surface area (Å²) >= 11 is 0. The Morgan fingerprint density at radius 3 is 2.11 bits per heavy atom. The first kappa shape index (κ1) is 19.1. The van der Waals surface area contributed by atoms with Gasteiger partial charge in [0.25, 0.3) is 5.91 Å². The van der Waals surface area contributed by atoms with Crippen molar-refractivity contribution in [3.05, 3.63) is 71.3 Å². The van der Waals surface area contributed by atoms with Gasteiger partial charge in [0, 0.05) is 44.2 Å². The standard InChI is InChI=1S/C22H27N3O2/c1-2-17-8-10-19(11-9-17)22(27)25-14-12-24(13-15-25)21(26)16-20(23)18-6-4-3-5-7-18/h3-11,20H,2,12-16,23H2,1H3. The van der Waals surface area contributed by atoms with Gasteiger partial charge in [-0.05, 0) is 29.7 Å². The van der Waals surface area contributed by atoms with E-state index >= 15 is 0 Å². The number of benzene rings is 2. The van der Waals surface area contributed by atoms with Gasteiger partial charge in [-0.25, -0.2) is 0 Å². The predicted molar refractivity (Wildman–Crippen MR) is 106 cm³/mol. The molecule has 0 bridgehead atoms. The lowest BCUT2D eigenvalue weighted by Gasteiger charge is -2.35.